The highest BCUT2D eigenvalue weighted by molar-refractivity contribution is 7.22. The van der Waals surface area contributed by atoms with E-state index in [1.807, 2.05) is 19.1 Å². The van der Waals surface area contributed by atoms with Gasteiger partial charge in [0, 0.05) is 5.56 Å². The maximum Gasteiger partial charge on any atom is 0.280 e. The van der Waals surface area contributed by atoms with E-state index in [4.69, 9.17) is 4.42 Å². The Hall–Kier alpha value is -3.32. The van der Waals surface area contributed by atoms with Gasteiger partial charge in [0.05, 0.1) is 22.7 Å². The first kappa shape index (κ1) is 17.1. The lowest BCUT2D eigenvalue weighted by molar-refractivity contribution is 0.0987. The quantitative estimate of drug-likeness (QED) is 0.370. The van der Waals surface area contributed by atoms with Crippen LogP contribution >= 0.6 is 11.3 Å². The predicted octanol–water partition coefficient (Wildman–Crippen LogP) is 5.02. The average Bonchev–Trinajstić information content (AvgIpc) is 3.31. The molecule has 2 aromatic heterocycles. The zero-order chi connectivity index (χ0) is 18.8. The summed E-state index contributed by atoms with van der Waals surface area (Å²) < 4.78 is 19.4. The number of nitrogens with zero attached hydrogens (tertiary/aromatic N) is 3. The molecule has 0 radical (unpaired) electrons. The number of carbonyl (C=O) groups excluding carboxylic acids is 1. The van der Waals surface area contributed by atoms with Crippen LogP contribution in [0.2, 0.25) is 0 Å². The summed E-state index contributed by atoms with van der Waals surface area (Å²) in [5.41, 5.74) is 2.05. The molecule has 0 fully saturated rings. The Morgan fingerprint density at radius 3 is 2.89 bits per heavy atom. The Labute approximate surface area is 158 Å². The summed E-state index contributed by atoms with van der Waals surface area (Å²) in [5, 5.41) is 5.84. The highest BCUT2D eigenvalue weighted by Gasteiger charge is 2.21. The van der Waals surface area contributed by atoms with Crippen LogP contribution in [0, 0.1) is 12.7 Å². The SMILES string of the molecule is Cc1cccc(C(=O)N(/N=C\c2ccco2)c2nc3ccc(F)cc3s2)c1. The largest absolute Gasteiger partial charge is 0.463 e. The lowest BCUT2D eigenvalue weighted by Gasteiger charge is -2.13. The van der Waals surface area contributed by atoms with Crippen LogP contribution in [0.1, 0.15) is 21.7 Å². The van der Waals surface area contributed by atoms with Crippen LogP contribution in [0.4, 0.5) is 9.52 Å². The molecule has 0 saturated heterocycles. The van der Waals surface area contributed by atoms with Crippen molar-refractivity contribution < 1.29 is 13.6 Å². The van der Waals surface area contributed by atoms with Crippen LogP contribution in [0.3, 0.4) is 0 Å². The van der Waals surface area contributed by atoms with Crippen LogP contribution in [0.5, 0.6) is 0 Å². The summed E-state index contributed by atoms with van der Waals surface area (Å²) in [4.78, 5) is 17.5. The number of anilines is 1. The first-order chi connectivity index (χ1) is 13.1. The van der Waals surface area contributed by atoms with E-state index in [0.29, 0.717) is 26.7 Å². The van der Waals surface area contributed by atoms with E-state index in [9.17, 15) is 9.18 Å². The van der Waals surface area contributed by atoms with Gasteiger partial charge in [-0.3, -0.25) is 4.79 Å². The van der Waals surface area contributed by atoms with E-state index in [0.717, 1.165) is 5.56 Å². The van der Waals surface area contributed by atoms with Gasteiger partial charge in [-0.1, -0.05) is 29.0 Å². The van der Waals surface area contributed by atoms with Crippen molar-refractivity contribution in [3.8, 4) is 0 Å². The van der Waals surface area contributed by atoms with Crippen molar-refractivity contribution in [2.75, 3.05) is 5.01 Å². The Kier molecular flexibility index (Phi) is 4.52. The number of amides is 1. The molecule has 4 aromatic rings. The number of fused-ring (bicyclic) bond motifs is 1. The van der Waals surface area contributed by atoms with Crippen molar-refractivity contribution >= 4 is 38.8 Å². The van der Waals surface area contributed by atoms with Crippen LogP contribution in [0.15, 0.2) is 70.4 Å². The van der Waals surface area contributed by atoms with Gasteiger partial charge in [-0.15, -0.1) is 0 Å². The number of carbonyl (C=O) groups is 1. The van der Waals surface area contributed by atoms with Crippen molar-refractivity contribution in [3.05, 3.63) is 83.6 Å². The standard InChI is InChI=1S/C20H14FN3O2S/c1-13-4-2-5-14(10-13)19(25)24(22-12-16-6-3-9-26-16)20-23-17-8-7-15(21)11-18(17)27-20/h2-12H,1H3/b22-12-. The van der Waals surface area contributed by atoms with Crippen molar-refractivity contribution in [2.24, 2.45) is 5.10 Å². The van der Waals surface area contributed by atoms with Gasteiger partial charge in [0.1, 0.15) is 11.6 Å². The van der Waals surface area contributed by atoms with Crippen molar-refractivity contribution in [1.29, 1.82) is 0 Å². The molecule has 0 aliphatic heterocycles. The van der Waals surface area contributed by atoms with Crippen molar-refractivity contribution in [1.82, 2.24) is 4.98 Å². The molecule has 27 heavy (non-hydrogen) atoms. The molecule has 0 N–H and O–H groups in total. The van der Waals surface area contributed by atoms with E-state index in [-0.39, 0.29) is 11.7 Å². The second-order valence-corrected chi connectivity index (χ2v) is 6.86. The molecule has 0 unspecified atom stereocenters. The van der Waals surface area contributed by atoms with E-state index >= 15 is 0 Å². The summed E-state index contributed by atoms with van der Waals surface area (Å²) in [6.07, 6.45) is 2.97. The number of thiazole rings is 1. The van der Waals surface area contributed by atoms with Gasteiger partial charge in [0.25, 0.3) is 5.91 Å². The molecule has 0 spiro atoms. The number of hydrogen-bond donors (Lipinski definition) is 0. The monoisotopic (exact) mass is 379 g/mol. The van der Waals surface area contributed by atoms with E-state index in [1.54, 1.807) is 30.3 Å². The molecule has 0 bridgehead atoms. The minimum absolute atomic E-state index is 0.332. The molecule has 134 valence electrons. The van der Waals surface area contributed by atoms with Gasteiger partial charge in [0.2, 0.25) is 5.13 Å². The molecule has 0 saturated carbocycles. The fraction of sp³-hybridized carbons (Fsp3) is 0.0500. The zero-order valence-corrected chi connectivity index (χ0v) is 15.1. The zero-order valence-electron chi connectivity index (χ0n) is 14.3. The Balaban J connectivity index is 1.77. The number of aryl methyl sites for hydroxylation is 1. The van der Waals surface area contributed by atoms with E-state index < -0.39 is 0 Å². The van der Waals surface area contributed by atoms with Gasteiger partial charge in [-0.2, -0.15) is 10.1 Å². The third kappa shape index (κ3) is 3.63. The molecular weight excluding hydrogens is 365 g/mol. The highest BCUT2D eigenvalue weighted by Crippen LogP contribution is 2.30. The summed E-state index contributed by atoms with van der Waals surface area (Å²) in [6.45, 7) is 1.91. The van der Waals surface area contributed by atoms with Crippen LogP contribution in [0.25, 0.3) is 10.2 Å². The molecule has 1 amide bonds. The number of hydrogen-bond acceptors (Lipinski definition) is 5. The Bertz CT molecular complexity index is 1140. The smallest absolute Gasteiger partial charge is 0.280 e. The average molecular weight is 379 g/mol. The van der Waals surface area contributed by atoms with Gasteiger partial charge in [-0.25, -0.2) is 9.37 Å². The molecule has 0 aliphatic rings. The van der Waals surface area contributed by atoms with Crippen molar-refractivity contribution in [3.63, 3.8) is 0 Å². The second kappa shape index (κ2) is 7.13. The Morgan fingerprint density at radius 2 is 2.11 bits per heavy atom. The van der Waals surface area contributed by atoms with Crippen LogP contribution in [-0.2, 0) is 0 Å². The summed E-state index contributed by atoms with van der Waals surface area (Å²) in [6, 6.07) is 15.0. The number of halogens is 1. The minimum Gasteiger partial charge on any atom is -0.463 e. The number of hydrazone groups is 1. The summed E-state index contributed by atoms with van der Waals surface area (Å²) in [7, 11) is 0. The van der Waals surface area contributed by atoms with Gasteiger partial charge in [-0.05, 0) is 49.4 Å². The molecule has 4 rings (SSSR count). The van der Waals surface area contributed by atoms with E-state index in [2.05, 4.69) is 10.1 Å². The Morgan fingerprint density at radius 1 is 1.22 bits per heavy atom. The number of rotatable bonds is 4. The van der Waals surface area contributed by atoms with Crippen LogP contribution < -0.4 is 5.01 Å². The fourth-order valence-electron chi connectivity index (χ4n) is 2.55. The molecule has 0 atom stereocenters. The van der Waals surface area contributed by atoms with Gasteiger partial charge >= 0.3 is 0 Å². The third-order valence-electron chi connectivity index (χ3n) is 3.82. The molecule has 2 heterocycles. The normalized spacial score (nSPS) is 11.3. The minimum atomic E-state index is -0.353. The molecule has 2 aromatic carbocycles. The van der Waals surface area contributed by atoms with Crippen LogP contribution in [-0.4, -0.2) is 17.1 Å². The van der Waals surface area contributed by atoms with E-state index in [1.165, 1.54) is 41.0 Å². The third-order valence-corrected chi connectivity index (χ3v) is 4.82. The first-order valence-electron chi connectivity index (χ1n) is 8.15. The van der Waals surface area contributed by atoms with Crippen molar-refractivity contribution in [2.45, 2.75) is 6.92 Å². The number of furan rings is 1. The lowest BCUT2D eigenvalue weighted by atomic mass is 10.1. The fourth-order valence-corrected chi connectivity index (χ4v) is 3.49. The van der Waals surface area contributed by atoms with Gasteiger partial charge < -0.3 is 4.42 Å². The van der Waals surface area contributed by atoms with Gasteiger partial charge in [0.15, 0.2) is 0 Å². The molecule has 5 nitrogen and oxygen atoms in total. The molecular formula is C20H14FN3O2S. The first-order valence-corrected chi connectivity index (χ1v) is 8.96. The lowest BCUT2D eigenvalue weighted by Crippen LogP contribution is -2.25. The molecule has 0 aliphatic carbocycles. The summed E-state index contributed by atoms with van der Waals surface area (Å²) in [5.74, 6) is -0.182. The maximum absolute atomic E-state index is 13.5. The molecule has 7 heteroatoms. The predicted molar refractivity (Wildman–Crippen MR) is 104 cm³/mol. The maximum atomic E-state index is 13.5. The highest BCUT2D eigenvalue weighted by atomic mass is 32.1. The topological polar surface area (TPSA) is 58.7 Å². The summed E-state index contributed by atoms with van der Waals surface area (Å²) >= 11 is 1.19. The second-order valence-electron chi connectivity index (χ2n) is 5.85. The number of benzene rings is 2. The number of aromatic nitrogens is 1.